The summed E-state index contributed by atoms with van der Waals surface area (Å²) in [5.74, 6) is 1.53. The topological polar surface area (TPSA) is 13.1 Å². The molecule has 0 saturated heterocycles. The van der Waals surface area contributed by atoms with E-state index in [4.69, 9.17) is 16.0 Å². The largest absolute Gasteiger partial charge is 0.461 e. The van der Waals surface area contributed by atoms with E-state index in [1.165, 1.54) is 0 Å². The number of aryl methyl sites for hydroxylation is 1. The molecule has 0 aliphatic carbocycles. The Hall–Kier alpha value is -0.950. The molecule has 0 saturated carbocycles. The number of rotatable bonds is 2. The van der Waals surface area contributed by atoms with Crippen LogP contribution in [0.1, 0.15) is 11.5 Å². The van der Waals surface area contributed by atoms with E-state index in [-0.39, 0.29) is 0 Å². The van der Waals surface area contributed by atoms with Crippen molar-refractivity contribution in [3.63, 3.8) is 0 Å². The zero-order valence-electron chi connectivity index (χ0n) is 6.36. The number of allylic oxidation sites excluding steroid dienone is 2. The second-order valence-corrected chi connectivity index (χ2v) is 2.75. The molecule has 58 valence electrons. The molecule has 1 rings (SSSR count). The standard InChI is InChI=1S/C9H9ClO/c1-6-4-5-9(11-6)7(2)8(3)10/h4-5H,2-3H2,1H3. The molecule has 0 spiro atoms. The van der Waals surface area contributed by atoms with Gasteiger partial charge in [-0.1, -0.05) is 24.8 Å². The molecule has 0 aliphatic rings. The van der Waals surface area contributed by atoms with E-state index < -0.39 is 0 Å². The monoisotopic (exact) mass is 168 g/mol. The summed E-state index contributed by atoms with van der Waals surface area (Å²) in [5.41, 5.74) is 0.639. The highest BCUT2D eigenvalue weighted by Crippen LogP contribution is 2.23. The second-order valence-electron chi connectivity index (χ2n) is 2.29. The molecule has 0 bridgehead atoms. The van der Waals surface area contributed by atoms with Gasteiger partial charge in [0, 0.05) is 10.6 Å². The van der Waals surface area contributed by atoms with Gasteiger partial charge in [-0.25, -0.2) is 0 Å². The summed E-state index contributed by atoms with van der Waals surface area (Å²) in [5, 5.41) is 0.416. The molecule has 0 amide bonds. The maximum atomic E-state index is 5.62. The Balaban J connectivity index is 2.94. The highest BCUT2D eigenvalue weighted by Gasteiger charge is 2.04. The fraction of sp³-hybridized carbons (Fsp3) is 0.111. The van der Waals surface area contributed by atoms with Gasteiger partial charge in [0.15, 0.2) is 0 Å². The zero-order valence-corrected chi connectivity index (χ0v) is 7.11. The molecule has 0 radical (unpaired) electrons. The van der Waals surface area contributed by atoms with Gasteiger partial charge in [-0.3, -0.25) is 0 Å². The van der Waals surface area contributed by atoms with Crippen LogP contribution in [0.15, 0.2) is 34.7 Å². The normalized spacial score (nSPS) is 9.64. The van der Waals surface area contributed by atoms with Crippen LogP contribution in [0.3, 0.4) is 0 Å². The highest BCUT2D eigenvalue weighted by atomic mass is 35.5. The molecule has 1 aromatic rings. The van der Waals surface area contributed by atoms with E-state index in [2.05, 4.69) is 13.2 Å². The molecule has 0 aliphatic heterocycles. The van der Waals surface area contributed by atoms with Gasteiger partial charge >= 0.3 is 0 Å². The lowest BCUT2D eigenvalue weighted by molar-refractivity contribution is 0.522. The van der Waals surface area contributed by atoms with Crippen LogP contribution in [-0.2, 0) is 0 Å². The van der Waals surface area contributed by atoms with E-state index in [0.29, 0.717) is 16.4 Å². The van der Waals surface area contributed by atoms with Gasteiger partial charge in [-0.2, -0.15) is 0 Å². The predicted octanol–water partition coefficient (Wildman–Crippen LogP) is 3.35. The van der Waals surface area contributed by atoms with Gasteiger partial charge in [0.2, 0.25) is 0 Å². The van der Waals surface area contributed by atoms with Crippen molar-refractivity contribution in [2.24, 2.45) is 0 Å². The van der Waals surface area contributed by atoms with Crippen molar-refractivity contribution < 1.29 is 4.42 Å². The molecule has 1 aromatic heterocycles. The summed E-state index contributed by atoms with van der Waals surface area (Å²) in [6, 6.07) is 3.69. The first-order valence-corrected chi connectivity index (χ1v) is 3.59. The van der Waals surface area contributed by atoms with Gasteiger partial charge in [0.1, 0.15) is 11.5 Å². The summed E-state index contributed by atoms with van der Waals surface area (Å²) >= 11 is 5.62. The van der Waals surface area contributed by atoms with Crippen molar-refractivity contribution in [3.05, 3.63) is 41.8 Å². The molecule has 1 nitrogen and oxygen atoms in total. The van der Waals surface area contributed by atoms with Crippen LogP contribution in [0, 0.1) is 6.92 Å². The van der Waals surface area contributed by atoms with Gasteiger partial charge in [0.05, 0.1) is 0 Å². The van der Waals surface area contributed by atoms with E-state index in [0.717, 1.165) is 5.76 Å². The molecule has 0 aromatic carbocycles. The SMILES string of the molecule is C=C(Cl)C(=C)c1ccc(C)o1. The quantitative estimate of drug-likeness (QED) is 0.618. The van der Waals surface area contributed by atoms with Crippen LogP contribution in [0.4, 0.5) is 0 Å². The summed E-state index contributed by atoms with van der Waals surface area (Å²) in [6.07, 6.45) is 0. The summed E-state index contributed by atoms with van der Waals surface area (Å²) < 4.78 is 5.26. The van der Waals surface area contributed by atoms with Crippen LogP contribution < -0.4 is 0 Å². The van der Waals surface area contributed by atoms with Gasteiger partial charge < -0.3 is 4.42 Å². The molecule has 1 heterocycles. The Morgan fingerprint density at radius 3 is 2.45 bits per heavy atom. The zero-order chi connectivity index (χ0) is 8.43. The Morgan fingerprint density at radius 1 is 1.45 bits per heavy atom. The lowest BCUT2D eigenvalue weighted by Crippen LogP contribution is -1.75. The molecule has 0 fully saturated rings. The fourth-order valence-corrected chi connectivity index (χ4v) is 0.824. The lowest BCUT2D eigenvalue weighted by atomic mass is 10.2. The number of furan rings is 1. The van der Waals surface area contributed by atoms with E-state index >= 15 is 0 Å². The molecule has 2 heteroatoms. The average Bonchev–Trinajstić information content (AvgIpc) is 2.34. The predicted molar refractivity (Wildman–Crippen MR) is 47.5 cm³/mol. The van der Waals surface area contributed by atoms with Crippen LogP contribution in [0.2, 0.25) is 0 Å². The number of hydrogen-bond donors (Lipinski definition) is 0. The highest BCUT2D eigenvalue weighted by molar-refractivity contribution is 6.36. The Morgan fingerprint density at radius 2 is 2.09 bits per heavy atom. The first kappa shape index (κ1) is 8.15. The van der Waals surface area contributed by atoms with Gasteiger partial charge in [-0.15, -0.1) is 0 Å². The Bertz CT molecular complexity index is 296. The smallest absolute Gasteiger partial charge is 0.135 e. The summed E-state index contributed by atoms with van der Waals surface area (Å²) in [7, 11) is 0. The second kappa shape index (κ2) is 2.97. The van der Waals surface area contributed by atoms with Crippen LogP contribution >= 0.6 is 11.6 Å². The number of halogens is 1. The molecule has 11 heavy (non-hydrogen) atoms. The first-order chi connectivity index (χ1) is 5.11. The van der Waals surface area contributed by atoms with Crippen molar-refractivity contribution in [2.75, 3.05) is 0 Å². The van der Waals surface area contributed by atoms with Crippen LogP contribution in [0.5, 0.6) is 0 Å². The molecular weight excluding hydrogens is 160 g/mol. The average molecular weight is 169 g/mol. The summed E-state index contributed by atoms with van der Waals surface area (Å²) in [6.45, 7) is 9.13. The number of hydrogen-bond acceptors (Lipinski definition) is 1. The molecular formula is C9H9ClO. The summed E-state index contributed by atoms with van der Waals surface area (Å²) in [4.78, 5) is 0. The molecule has 0 atom stereocenters. The minimum Gasteiger partial charge on any atom is -0.461 e. The van der Waals surface area contributed by atoms with Gasteiger partial charge in [-0.05, 0) is 19.1 Å². The molecule has 0 N–H and O–H groups in total. The Labute approximate surface area is 71.0 Å². The van der Waals surface area contributed by atoms with Crippen LogP contribution in [0.25, 0.3) is 5.57 Å². The lowest BCUT2D eigenvalue weighted by Gasteiger charge is -1.96. The maximum Gasteiger partial charge on any atom is 0.135 e. The minimum atomic E-state index is 0.416. The van der Waals surface area contributed by atoms with Gasteiger partial charge in [0.25, 0.3) is 0 Å². The van der Waals surface area contributed by atoms with Crippen molar-refractivity contribution in [1.29, 1.82) is 0 Å². The third kappa shape index (κ3) is 1.75. The maximum absolute atomic E-state index is 5.62. The van der Waals surface area contributed by atoms with E-state index in [1.807, 2.05) is 19.1 Å². The van der Waals surface area contributed by atoms with Crippen molar-refractivity contribution in [1.82, 2.24) is 0 Å². The van der Waals surface area contributed by atoms with Crippen molar-refractivity contribution >= 4 is 17.2 Å². The van der Waals surface area contributed by atoms with E-state index in [1.54, 1.807) is 0 Å². The van der Waals surface area contributed by atoms with Crippen LogP contribution in [-0.4, -0.2) is 0 Å². The minimum absolute atomic E-state index is 0.416. The molecule has 0 unspecified atom stereocenters. The van der Waals surface area contributed by atoms with Crippen molar-refractivity contribution in [2.45, 2.75) is 6.92 Å². The Kier molecular flexibility index (Phi) is 2.20. The van der Waals surface area contributed by atoms with E-state index in [9.17, 15) is 0 Å². The fourth-order valence-electron chi connectivity index (χ4n) is 0.730. The first-order valence-electron chi connectivity index (χ1n) is 3.22. The third-order valence-corrected chi connectivity index (χ3v) is 1.59. The van der Waals surface area contributed by atoms with Crippen molar-refractivity contribution in [3.8, 4) is 0 Å². The third-order valence-electron chi connectivity index (χ3n) is 1.37.